The van der Waals surface area contributed by atoms with E-state index in [1.165, 1.54) is 19.5 Å². The van der Waals surface area contributed by atoms with E-state index in [0.29, 0.717) is 23.0 Å². The van der Waals surface area contributed by atoms with Crippen molar-refractivity contribution < 1.29 is 19.0 Å². The van der Waals surface area contributed by atoms with Gasteiger partial charge in [-0.3, -0.25) is 4.79 Å². The smallest absolute Gasteiger partial charge is 0.275 e. The van der Waals surface area contributed by atoms with Crippen LogP contribution >= 0.6 is 0 Å². The molecule has 3 aromatic rings. The minimum atomic E-state index is -0.410. The predicted octanol–water partition coefficient (Wildman–Crippen LogP) is 3.50. The molecule has 3 rings (SSSR count). The lowest BCUT2D eigenvalue weighted by Gasteiger charge is -2.11. The average Bonchev–Trinajstić information content (AvgIpc) is 2.74. The molecule has 1 aromatic heterocycles. The van der Waals surface area contributed by atoms with Crippen molar-refractivity contribution >= 4 is 23.1 Å². The molecule has 144 valence electrons. The van der Waals surface area contributed by atoms with Gasteiger partial charge in [0.2, 0.25) is 0 Å². The molecule has 0 fully saturated rings. The van der Waals surface area contributed by atoms with E-state index in [1.807, 2.05) is 24.3 Å². The normalized spacial score (nSPS) is 10.1. The maximum absolute atomic E-state index is 12.5. The molecule has 0 spiro atoms. The molecule has 0 radical (unpaired) electrons. The number of hydrogen-bond acceptors (Lipinski definition) is 7. The summed E-state index contributed by atoms with van der Waals surface area (Å²) >= 11 is 0. The van der Waals surface area contributed by atoms with Gasteiger partial charge in [-0.2, -0.15) is 0 Å². The van der Waals surface area contributed by atoms with Crippen LogP contribution in [0.5, 0.6) is 17.2 Å². The highest BCUT2D eigenvalue weighted by Gasteiger charge is 2.13. The zero-order chi connectivity index (χ0) is 19.9. The molecule has 1 amide bonds. The zero-order valence-corrected chi connectivity index (χ0v) is 15.7. The quantitative estimate of drug-likeness (QED) is 0.648. The van der Waals surface area contributed by atoms with Gasteiger partial charge in [-0.25, -0.2) is 9.97 Å². The second kappa shape index (κ2) is 8.72. The van der Waals surface area contributed by atoms with Crippen molar-refractivity contribution in [1.82, 2.24) is 9.97 Å². The number of ether oxygens (including phenoxy) is 3. The van der Waals surface area contributed by atoms with Crippen LogP contribution in [0, 0.1) is 0 Å². The van der Waals surface area contributed by atoms with Gasteiger partial charge in [0.25, 0.3) is 5.91 Å². The predicted molar refractivity (Wildman–Crippen MR) is 106 cm³/mol. The third-order valence-electron chi connectivity index (χ3n) is 3.88. The Bertz CT molecular complexity index is 961. The summed E-state index contributed by atoms with van der Waals surface area (Å²) in [6.45, 7) is 0. The van der Waals surface area contributed by atoms with E-state index in [4.69, 9.17) is 14.2 Å². The van der Waals surface area contributed by atoms with Crippen LogP contribution in [0.25, 0.3) is 0 Å². The van der Waals surface area contributed by atoms with Crippen molar-refractivity contribution in [2.75, 3.05) is 32.0 Å². The number of carbonyl (C=O) groups excluding carboxylic acids is 1. The van der Waals surface area contributed by atoms with E-state index >= 15 is 0 Å². The average molecular weight is 380 g/mol. The van der Waals surface area contributed by atoms with E-state index in [0.717, 1.165) is 11.4 Å². The second-order valence-corrected chi connectivity index (χ2v) is 5.66. The number of anilines is 3. The standard InChI is InChI=1S/C20H20N4O4/c1-26-14-6-4-5-13(9-14)23-19-12-21-17(11-22-19)20(25)24-16-10-15(27-2)7-8-18(16)28-3/h4-12H,1-3H3,(H,22,23)(H,24,25). The SMILES string of the molecule is COc1cccc(Nc2cnc(C(=O)Nc3cc(OC)ccc3OC)cn2)c1. The van der Waals surface area contributed by atoms with Gasteiger partial charge >= 0.3 is 0 Å². The third kappa shape index (κ3) is 4.47. The summed E-state index contributed by atoms with van der Waals surface area (Å²) in [5.41, 5.74) is 1.44. The Kier molecular flexibility index (Phi) is 5.91. The molecule has 0 unspecified atom stereocenters. The molecular formula is C20H20N4O4. The Morgan fingerprint density at radius 3 is 2.36 bits per heavy atom. The number of carbonyl (C=O) groups is 1. The number of benzene rings is 2. The summed E-state index contributed by atoms with van der Waals surface area (Å²) < 4.78 is 15.6. The summed E-state index contributed by atoms with van der Waals surface area (Å²) in [4.78, 5) is 20.9. The van der Waals surface area contributed by atoms with Crippen LogP contribution < -0.4 is 24.8 Å². The minimum Gasteiger partial charge on any atom is -0.497 e. The van der Waals surface area contributed by atoms with Gasteiger partial charge in [-0.1, -0.05) is 6.07 Å². The molecule has 8 nitrogen and oxygen atoms in total. The van der Waals surface area contributed by atoms with Crippen LogP contribution in [0.15, 0.2) is 54.9 Å². The molecular weight excluding hydrogens is 360 g/mol. The van der Waals surface area contributed by atoms with Gasteiger partial charge in [-0.15, -0.1) is 0 Å². The summed E-state index contributed by atoms with van der Waals surface area (Å²) in [6, 6.07) is 12.5. The van der Waals surface area contributed by atoms with Crippen molar-refractivity contribution in [3.8, 4) is 17.2 Å². The molecule has 0 atom stereocenters. The minimum absolute atomic E-state index is 0.168. The lowest BCUT2D eigenvalue weighted by atomic mass is 10.2. The zero-order valence-electron chi connectivity index (χ0n) is 15.7. The van der Waals surface area contributed by atoms with Crippen LogP contribution in [0.2, 0.25) is 0 Å². The number of nitrogens with zero attached hydrogens (tertiary/aromatic N) is 2. The van der Waals surface area contributed by atoms with Crippen molar-refractivity contribution in [3.05, 3.63) is 60.6 Å². The van der Waals surface area contributed by atoms with E-state index < -0.39 is 5.91 Å². The van der Waals surface area contributed by atoms with Gasteiger partial charge in [0, 0.05) is 17.8 Å². The first kappa shape index (κ1) is 19.0. The number of aromatic nitrogens is 2. The van der Waals surface area contributed by atoms with Gasteiger partial charge in [0.15, 0.2) is 0 Å². The van der Waals surface area contributed by atoms with Crippen molar-refractivity contribution in [2.24, 2.45) is 0 Å². The summed E-state index contributed by atoms with van der Waals surface area (Å²) in [5, 5.41) is 5.86. The molecule has 0 saturated carbocycles. The van der Waals surface area contributed by atoms with E-state index in [9.17, 15) is 4.79 Å². The van der Waals surface area contributed by atoms with Crippen LogP contribution in [0.3, 0.4) is 0 Å². The monoisotopic (exact) mass is 380 g/mol. The first-order valence-electron chi connectivity index (χ1n) is 8.39. The number of amides is 1. The first-order chi connectivity index (χ1) is 13.6. The maximum Gasteiger partial charge on any atom is 0.275 e. The molecule has 1 heterocycles. The first-order valence-corrected chi connectivity index (χ1v) is 8.39. The Balaban J connectivity index is 1.72. The highest BCUT2D eigenvalue weighted by molar-refractivity contribution is 6.03. The van der Waals surface area contributed by atoms with Gasteiger partial charge in [0.05, 0.1) is 39.4 Å². The Morgan fingerprint density at radius 1 is 0.893 bits per heavy atom. The van der Waals surface area contributed by atoms with E-state index in [1.54, 1.807) is 32.4 Å². The molecule has 0 aliphatic rings. The topological polar surface area (TPSA) is 94.6 Å². The van der Waals surface area contributed by atoms with Crippen molar-refractivity contribution in [3.63, 3.8) is 0 Å². The third-order valence-corrected chi connectivity index (χ3v) is 3.88. The van der Waals surface area contributed by atoms with E-state index in [-0.39, 0.29) is 5.69 Å². The van der Waals surface area contributed by atoms with Gasteiger partial charge in [0.1, 0.15) is 28.8 Å². The van der Waals surface area contributed by atoms with Gasteiger partial charge in [-0.05, 0) is 24.3 Å². The van der Waals surface area contributed by atoms with Crippen LogP contribution in [-0.2, 0) is 0 Å². The fourth-order valence-electron chi connectivity index (χ4n) is 2.46. The fourth-order valence-corrected chi connectivity index (χ4v) is 2.46. The summed E-state index contributed by atoms with van der Waals surface area (Å²) in [6.07, 6.45) is 2.88. The summed E-state index contributed by atoms with van der Waals surface area (Å²) in [7, 11) is 4.67. The number of hydrogen-bond donors (Lipinski definition) is 2. The number of rotatable bonds is 7. The largest absolute Gasteiger partial charge is 0.497 e. The highest BCUT2D eigenvalue weighted by Crippen LogP contribution is 2.29. The maximum atomic E-state index is 12.5. The molecule has 8 heteroatoms. The fraction of sp³-hybridized carbons (Fsp3) is 0.150. The molecule has 0 aliphatic carbocycles. The van der Waals surface area contributed by atoms with Crippen LogP contribution in [0.1, 0.15) is 10.5 Å². The lowest BCUT2D eigenvalue weighted by molar-refractivity contribution is 0.102. The molecule has 28 heavy (non-hydrogen) atoms. The molecule has 2 aromatic carbocycles. The molecule has 0 saturated heterocycles. The highest BCUT2D eigenvalue weighted by atomic mass is 16.5. The molecule has 2 N–H and O–H groups in total. The number of nitrogens with one attached hydrogen (secondary N) is 2. The van der Waals surface area contributed by atoms with E-state index in [2.05, 4.69) is 20.6 Å². The Labute approximate surface area is 162 Å². The Morgan fingerprint density at radius 2 is 1.68 bits per heavy atom. The molecule has 0 bridgehead atoms. The van der Waals surface area contributed by atoms with Gasteiger partial charge < -0.3 is 24.8 Å². The van der Waals surface area contributed by atoms with Crippen molar-refractivity contribution in [1.29, 1.82) is 0 Å². The van der Waals surface area contributed by atoms with Crippen molar-refractivity contribution in [2.45, 2.75) is 0 Å². The lowest BCUT2D eigenvalue weighted by Crippen LogP contribution is -2.15. The Hall–Kier alpha value is -3.81. The summed E-state index contributed by atoms with van der Waals surface area (Å²) in [5.74, 6) is 1.93. The number of methoxy groups -OCH3 is 3. The van der Waals surface area contributed by atoms with Crippen LogP contribution in [0.4, 0.5) is 17.2 Å². The molecule has 0 aliphatic heterocycles. The second-order valence-electron chi connectivity index (χ2n) is 5.66. The van der Waals surface area contributed by atoms with Crippen LogP contribution in [-0.4, -0.2) is 37.2 Å².